The molecule has 0 fully saturated rings. The highest BCUT2D eigenvalue weighted by atomic mass is 19.4. The summed E-state index contributed by atoms with van der Waals surface area (Å²) >= 11 is 0. The van der Waals surface area contributed by atoms with Gasteiger partial charge < -0.3 is 0 Å². The van der Waals surface area contributed by atoms with E-state index in [0.717, 1.165) is 36.9 Å². The first-order valence-electron chi connectivity index (χ1n) is 13.3. The van der Waals surface area contributed by atoms with E-state index in [4.69, 9.17) is 0 Å². The van der Waals surface area contributed by atoms with E-state index in [2.05, 4.69) is 69.9 Å². The molecule has 0 spiro atoms. The summed E-state index contributed by atoms with van der Waals surface area (Å²) in [6, 6.07) is 14.4. The first kappa shape index (κ1) is 31.7. The Morgan fingerprint density at radius 1 is 0.889 bits per heavy atom. The Morgan fingerprint density at radius 2 is 1.53 bits per heavy atom. The highest BCUT2D eigenvalue weighted by Crippen LogP contribution is 2.31. The third-order valence-electron chi connectivity index (χ3n) is 6.17. The molecule has 0 aliphatic heterocycles. The first-order chi connectivity index (χ1) is 17.0. The van der Waals surface area contributed by atoms with Crippen LogP contribution in [0.2, 0.25) is 0 Å². The summed E-state index contributed by atoms with van der Waals surface area (Å²) in [5.41, 5.74) is 5.09. The SMILES string of the molecule is C/C=C(\C)c1cccc(CN(CCC)CCC(C)C)c1.CCC/C=C(\C)c1cccc(C(F)(F)F)c1. The van der Waals surface area contributed by atoms with Crippen LogP contribution in [-0.4, -0.2) is 18.0 Å². The van der Waals surface area contributed by atoms with Gasteiger partial charge in [0.25, 0.3) is 0 Å². The van der Waals surface area contributed by atoms with Crippen LogP contribution in [0, 0.1) is 5.92 Å². The van der Waals surface area contributed by atoms with Gasteiger partial charge in [-0.2, -0.15) is 13.2 Å². The Hall–Kier alpha value is -2.33. The van der Waals surface area contributed by atoms with E-state index in [0.29, 0.717) is 5.56 Å². The molecule has 0 saturated carbocycles. The molecule has 0 radical (unpaired) electrons. The highest BCUT2D eigenvalue weighted by Gasteiger charge is 2.30. The van der Waals surface area contributed by atoms with E-state index in [1.54, 1.807) is 6.07 Å². The number of rotatable bonds is 11. The number of allylic oxidation sites excluding steroid dienone is 4. The molecule has 0 saturated heterocycles. The molecule has 4 heteroatoms. The van der Waals surface area contributed by atoms with Crippen molar-refractivity contribution in [2.75, 3.05) is 13.1 Å². The lowest BCUT2D eigenvalue weighted by Gasteiger charge is -2.23. The van der Waals surface area contributed by atoms with E-state index in [1.807, 2.05) is 19.9 Å². The van der Waals surface area contributed by atoms with Gasteiger partial charge >= 0.3 is 6.18 Å². The molecular formula is C32H46F3N. The molecule has 0 aliphatic carbocycles. The zero-order valence-corrected chi connectivity index (χ0v) is 23.4. The summed E-state index contributed by atoms with van der Waals surface area (Å²) in [7, 11) is 0. The Kier molecular flexibility index (Phi) is 14.5. The zero-order chi connectivity index (χ0) is 27.1. The summed E-state index contributed by atoms with van der Waals surface area (Å²) in [4.78, 5) is 2.59. The average molecular weight is 502 g/mol. The number of hydrogen-bond donors (Lipinski definition) is 0. The van der Waals surface area contributed by atoms with Crippen LogP contribution in [0.25, 0.3) is 11.1 Å². The lowest BCUT2D eigenvalue weighted by molar-refractivity contribution is -0.137. The zero-order valence-electron chi connectivity index (χ0n) is 23.4. The number of unbranched alkanes of at least 4 members (excludes halogenated alkanes) is 1. The molecule has 0 N–H and O–H groups in total. The Labute approximate surface area is 218 Å². The van der Waals surface area contributed by atoms with Gasteiger partial charge in [0.1, 0.15) is 0 Å². The summed E-state index contributed by atoms with van der Waals surface area (Å²) < 4.78 is 37.4. The van der Waals surface area contributed by atoms with Crippen LogP contribution in [-0.2, 0) is 12.7 Å². The fourth-order valence-electron chi connectivity index (χ4n) is 3.79. The number of alkyl halides is 3. The maximum atomic E-state index is 12.5. The number of halogens is 3. The van der Waals surface area contributed by atoms with Gasteiger partial charge in [-0.25, -0.2) is 0 Å². The number of benzene rings is 2. The third-order valence-corrected chi connectivity index (χ3v) is 6.17. The van der Waals surface area contributed by atoms with E-state index in [-0.39, 0.29) is 0 Å². The lowest BCUT2D eigenvalue weighted by atomic mass is 10.0. The van der Waals surface area contributed by atoms with E-state index in [9.17, 15) is 13.2 Å². The van der Waals surface area contributed by atoms with Crippen molar-refractivity contribution in [3.63, 3.8) is 0 Å². The fraction of sp³-hybridized carbons (Fsp3) is 0.500. The van der Waals surface area contributed by atoms with E-state index < -0.39 is 11.7 Å². The molecule has 0 atom stereocenters. The molecule has 200 valence electrons. The van der Waals surface area contributed by atoms with Crippen LogP contribution in [0.4, 0.5) is 13.2 Å². The van der Waals surface area contributed by atoms with E-state index in [1.165, 1.54) is 54.8 Å². The molecule has 2 rings (SSSR count). The van der Waals surface area contributed by atoms with Crippen LogP contribution >= 0.6 is 0 Å². The molecule has 2 aromatic rings. The number of nitrogens with zero attached hydrogens (tertiary/aromatic N) is 1. The minimum Gasteiger partial charge on any atom is -0.299 e. The average Bonchev–Trinajstić information content (AvgIpc) is 2.85. The molecule has 0 unspecified atom stereocenters. The van der Waals surface area contributed by atoms with Gasteiger partial charge in [0.15, 0.2) is 0 Å². The van der Waals surface area contributed by atoms with Crippen molar-refractivity contribution in [1.82, 2.24) is 4.90 Å². The molecule has 0 amide bonds. The molecular weight excluding hydrogens is 455 g/mol. The van der Waals surface area contributed by atoms with E-state index >= 15 is 0 Å². The van der Waals surface area contributed by atoms with Crippen molar-refractivity contribution in [3.05, 3.63) is 82.9 Å². The van der Waals surface area contributed by atoms with Crippen molar-refractivity contribution in [3.8, 4) is 0 Å². The van der Waals surface area contributed by atoms with Gasteiger partial charge in [-0.15, -0.1) is 0 Å². The minimum absolute atomic E-state index is 0.589. The van der Waals surface area contributed by atoms with Crippen LogP contribution in [0.5, 0.6) is 0 Å². The molecule has 0 aliphatic rings. The van der Waals surface area contributed by atoms with Crippen LogP contribution in [0.15, 0.2) is 60.7 Å². The maximum absolute atomic E-state index is 12.5. The maximum Gasteiger partial charge on any atom is 0.416 e. The summed E-state index contributed by atoms with van der Waals surface area (Å²) in [6.45, 7) is 18.5. The van der Waals surface area contributed by atoms with Crippen molar-refractivity contribution < 1.29 is 13.2 Å². The topological polar surface area (TPSA) is 3.24 Å². The fourth-order valence-corrected chi connectivity index (χ4v) is 3.79. The van der Waals surface area contributed by atoms with Crippen LogP contribution in [0.3, 0.4) is 0 Å². The van der Waals surface area contributed by atoms with Crippen molar-refractivity contribution in [2.45, 2.75) is 86.9 Å². The summed E-state index contributed by atoms with van der Waals surface area (Å²) in [5.74, 6) is 0.783. The van der Waals surface area contributed by atoms with Gasteiger partial charge in [-0.05, 0) is 99.0 Å². The second-order valence-corrected chi connectivity index (χ2v) is 9.89. The summed E-state index contributed by atoms with van der Waals surface area (Å²) in [6.07, 6.45) is 4.29. The Bertz CT molecular complexity index is 954. The molecule has 0 heterocycles. The predicted octanol–water partition coefficient (Wildman–Crippen LogP) is 10.3. The van der Waals surface area contributed by atoms with Gasteiger partial charge in [0.2, 0.25) is 0 Å². The van der Waals surface area contributed by atoms with Crippen LogP contribution in [0.1, 0.15) is 96.4 Å². The Morgan fingerprint density at radius 3 is 2.08 bits per heavy atom. The number of hydrogen-bond acceptors (Lipinski definition) is 1. The predicted molar refractivity (Wildman–Crippen MR) is 151 cm³/mol. The molecule has 2 aromatic carbocycles. The van der Waals surface area contributed by atoms with Gasteiger partial charge in [0, 0.05) is 6.54 Å². The second-order valence-electron chi connectivity index (χ2n) is 9.89. The van der Waals surface area contributed by atoms with Gasteiger partial charge in [-0.1, -0.05) is 82.7 Å². The summed E-state index contributed by atoms with van der Waals surface area (Å²) in [5, 5.41) is 0. The quantitative estimate of drug-likeness (QED) is 0.296. The molecule has 0 aromatic heterocycles. The monoisotopic (exact) mass is 501 g/mol. The minimum atomic E-state index is -4.26. The Balaban J connectivity index is 0.000000369. The van der Waals surface area contributed by atoms with Crippen molar-refractivity contribution >= 4 is 11.1 Å². The molecule has 1 nitrogen and oxygen atoms in total. The second kappa shape index (κ2) is 16.4. The highest BCUT2D eigenvalue weighted by molar-refractivity contribution is 5.64. The molecule has 0 bridgehead atoms. The lowest BCUT2D eigenvalue weighted by Crippen LogP contribution is -2.26. The van der Waals surface area contributed by atoms with Crippen LogP contribution < -0.4 is 0 Å². The third kappa shape index (κ3) is 12.1. The van der Waals surface area contributed by atoms with Gasteiger partial charge in [0.05, 0.1) is 5.56 Å². The van der Waals surface area contributed by atoms with Crippen molar-refractivity contribution in [2.24, 2.45) is 5.92 Å². The molecule has 36 heavy (non-hydrogen) atoms. The standard InChI is InChI=1S/C19H31N.C13H15F3/c1-6-12-20(13-11-16(3)4)15-18-9-8-10-19(14-18)17(5)7-2;1-3-4-6-10(2)11-7-5-8-12(9-11)13(14,15)16/h7-10,14,16H,6,11-13,15H2,1-5H3;5-9H,3-4H2,1-2H3/b17-7+;10-6+. The van der Waals surface area contributed by atoms with Gasteiger partial charge in [-0.3, -0.25) is 4.90 Å². The van der Waals surface area contributed by atoms with Crippen molar-refractivity contribution in [1.29, 1.82) is 0 Å². The largest absolute Gasteiger partial charge is 0.416 e. The first-order valence-corrected chi connectivity index (χ1v) is 13.3. The smallest absolute Gasteiger partial charge is 0.299 e. The normalized spacial score (nSPS) is 12.7.